The van der Waals surface area contributed by atoms with Crippen molar-refractivity contribution in [1.29, 1.82) is 5.26 Å². The summed E-state index contributed by atoms with van der Waals surface area (Å²) in [5, 5.41) is 9.80. The highest BCUT2D eigenvalue weighted by molar-refractivity contribution is 6.46. The summed E-state index contributed by atoms with van der Waals surface area (Å²) in [7, 11) is 1.45. The summed E-state index contributed by atoms with van der Waals surface area (Å²) in [4.78, 5) is 12.6. The Balaban J connectivity index is 1.92. The van der Waals surface area contributed by atoms with E-state index < -0.39 is 5.97 Å². The average molecular weight is 459 g/mol. The first-order valence-corrected chi connectivity index (χ1v) is 9.79. The summed E-state index contributed by atoms with van der Waals surface area (Å²) in [5.41, 5.74) is 1.94. The number of ether oxygens (including phenoxy) is 2. The molecule has 0 unspecified atom stereocenters. The molecular formula is C23H14Cl3NO3. The average Bonchev–Trinajstić information content (AvgIpc) is 2.76. The number of esters is 1. The van der Waals surface area contributed by atoms with Gasteiger partial charge in [-0.15, -0.1) is 0 Å². The van der Waals surface area contributed by atoms with E-state index in [1.165, 1.54) is 19.2 Å². The molecule has 0 aromatic heterocycles. The molecule has 30 heavy (non-hydrogen) atoms. The minimum atomic E-state index is -0.768. The summed E-state index contributed by atoms with van der Waals surface area (Å²) in [6.45, 7) is 0. The lowest BCUT2D eigenvalue weighted by Crippen LogP contribution is -2.11. The van der Waals surface area contributed by atoms with E-state index in [2.05, 4.69) is 6.07 Å². The minimum Gasteiger partial charge on any atom is -0.493 e. The zero-order valence-corrected chi connectivity index (χ0v) is 17.9. The molecule has 0 radical (unpaired) electrons. The fourth-order valence-electron chi connectivity index (χ4n) is 2.69. The van der Waals surface area contributed by atoms with Crippen LogP contribution in [-0.4, -0.2) is 13.1 Å². The van der Waals surface area contributed by atoms with Gasteiger partial charge in [-0.05, 0) is 41.5 Å². The monoisotopic (exact) mass is 457 g/mol. The van der Waals surface area contributed by atoms with Crippen LogP contribution < -0.4 is 9.47 Å². The first-order valence-electron chi connectivity index (χ1n) is 8.65. The molecule has 150 valence electrons. The Morgan fingerprint density at radius 3 is 2.33 bits per heavy atom. The predicted octanol–water partition coefficient (Wildman–Crippen LogP) is 6.94. The maximum atomic E-state index is 12.6. The first-order chi connectivity index (χ1) is 14.4. The minimum absolute atomic E-state index is 0.00853. The number of hydrogen-bond acceptors (Lipinski definition) is 4. The fourth-order valence-corrected chi connectivity index (χ4v) is 3.37. The van der Waals surface area contributed by atoms with Crippen LogP contribution in [0, 0.1) is 11.3 Å². The Morgan fingerprint density at radius 1 is 0.967 bits per heavy atom. The smallest absolute Gasteiger partial charge is 0.346 e. The Morgan fingerprint density at radius 2 is 1.67 bits per heavy atom. The van der Waals surface area contributed by atoms with Gasteiger partial charge in [0.2, 0.25) is 0 Å². The number of allylic oxidation sites excluding steroid dienone is 1. The molecule has 3 aromatic carbocycles. The van der Waals surface area contributed by atoms with Crippen LogP contribution in [-0.2, 0) is 0 Å². The highest BCUT2D eigenvalue weighted by Crippen LogP contribution is 2.35. The van der Waals surface area contributed by atoms with Crippen molar-refractivity contribution in [3.05, 3.63) is 92.4 Å². The molecule has 0 heterocycles. The van der Waals surface area contributed by atoms with E-state index in [0.29, 0.717) is 16.9 Å². The van der Waals surface area contributed by atoms with Gasteiger partial charge in [0.1, 0.15) is 0 Å². The number of rotatable bonds is 5. The summed E-state index contributed by atoms with van der Waals surface area (Å²) in [6.07, 6.45) is 1.72. The molecule has 0 atom stereocenters. The van der Waals surface area contributed by atoms with Crippen LogP contribution in [0.5, 0.6) is 11.5 Å². The second-order valence-electron chi connectivity index (χ2n) is 6.05. The summed E-state index contributed by atoms with van der Waals surface area (Å²) in [6, 6.07) is 19.3. The normalized spacial score (nSPS) is 11.0. The third-order valence-electron chi connectivity index (χ3n) is 4.15. The number of carbonyl (C=O) groups excluding carboxylic acids is 1. The maximum absolute atomic E-state index is 12.6. The van der Waals surface area contributed by atoms with Gasteiger partial charge in [0.05, 0.1) is 39.4 Å². The molecule has 3 rings (SSSR count). The van der Waals surface area contributed by atoms with E-state index in [9.17, 15) is 10.1 Å². The standard InChI is InChI=1S/C23H14Cl3NO3/c1-29-20-12-14(11-16(13-27)15-5-3-2-4-6-15)7-10-19(20)30-23(28)21-17(24)8-9-18(25)22(21)26/h2-12H,1H3/b16-11+. The molecule has 0 bridgehead atoms. The zero-order valence-electron chi connectivity index (χ0n) is 15.7. The van der Waals surface area contributed by atoms with E-state index in [4.69, 9.17) is 44.3 Å². The Kier molecular flexibility index (Phi) is 7.02. The SMILES string of the molecule is COc1cc(/C=C(\C#N)c2ccccc2)ccc1OC(=O)c1c(Cl)ccc(Cl)c1Cl. The van der Waals surface area contributed by atoms with E-state index in [-0.39, 0.29) is 26.4 Å². The van der Waals surface area contributed by atoms with Crippen LogP contribution in [0.15, 0.2) is 60.7 Å². The van der Waals surface area contributed by atoms with E-state index in [1.807, 2.05) is 30.3 Å². The van der Waals surface area contributed by atoms with Crippen molar-refractivity contribution in [2.75, 3.05) is 7.11 Å². The second kappa shape index (κ2) is 9.69. The van der Waals surface area contributed by atoms with Crippen molar-refractivity contribution in [3.8, 4) is 17.6 Å². The van der Waals surface area contributed by atoms with Gasteiger partial charge < -0.3 is 9.47 Å². The lowest BCUT2D eigenvalue weighted by Gasteiger charge is -2.12. The molecule has 7 heteroatoms. The molecule has 0 aliphatic carbocycles. The molecule has 4 nitrogen and oxygen atoms in total. The van der Waals surface area contributed by atoms with Crippen molar-refractivity contribution in [3.63, 3.8) is 0 Å². The highest BCUT2D eigenvalue weighted by Gasteiger charge is 2.21. The molecular weight excluding hydrogens is 445 g/mol. The number of carbonyl (C=O) groups is 1. The van der Waals surface area contributed by atoms with Gasteiger partial charge in [-0.2, -0.15) is 5.26 Å². The maximum Gasteiger partial charge on any atom is 0.346 e. The molecule has 0 N–H and O–H groups in total. The van der Waals surface area contributed by atoms with Gasteiger partial charge in [0.15, 0.2) is 11.5 Å². The molecule has 0 saturated heterocycles. The van der Waals surface area contributed by atoms with E-state index in [1.54, 1.807) is 24.3 Å². The lowest BCUT2D eigenvalue weighted by atomic mass is 10.0. The number of halogens is 3. The topological polar surface area (TPSA) is 59.3 Å². The Bertz CT molecular complexity index is 1170. The summed E-state index contributed by atoms with van der Waals surface area (Å²) in [5.74, 6) is -0.294. The van der Waals surface area contributed by atoms with Crippen molar-refractivity contribution in [2.45, 2.75) is 0 Å². The number of methoxy groups -OCH3 is 1. The van der Waals surface area contributed by atoms with Crippen LogP contribution in [0.4, 0.5) is 0 Å². The van der Waals surface area contributed by atoms with Crippen LogP contribution >= 0.6 is 34.8 Å². The van der Waals surface area contributed by atoms with Gasteiger partial charge >= 0.3 is 5.97 Å². The zero-order chi connectivity index (χ0) is 21.7. The van der Waals surface area contributed by atoms with Crippen molar-refractivity contribution < 1.29 is 14.3 Å². The Hall–Kier alpha value is -2.97. The van der Waals surface area contributed by atoms with Gasteiger partial charge in [0, 0.05) is 0 Å². The lowest BCUT2D eigenvalue weighted by molar-refractivity contribution is 0.0730. The molecule has 0 aliphatic rings. The third kappa shape index (κ3) is 4.77. The summed E-state index contributed by atoms with van der Waals surface area (Å²) < 4.78 is 10.8. The van der Waals surface area contributed by atoms with Crippen molar-refractivity contribution >= 4 is 52.4 Å². The third-order valence-corrected chi connectivity index (χ3v) is 5.27. The molecule has 0 fully saturated rings. The van der Waals surface area contributed by atoms with Crippen LogP contribution in [0.3, 0.4) is 0 Å². The Labute approximate surface area is 188 Å². The molecule has 0 amide bonds. The predicted molar refractivity (Wildman–Crippen MR) is 119 cm³/mol. The van der Waals surface area contributed by atoms with E-state index in [0.717, 1.165) is 5.56 Å². The number of benzene rings is 3. The highest BCUT2D eigenvalue weighted by atomic mass is 35.5. The van der Waals surface area contributed by atoms with Crippen LogP contribution in [0.25, 0.3) is 11.6 Å². The van der Waals surface area contributed by atoms with Crippen LogP contribution in [0.2, 0.25) is 15.1 Å². The fraction of sp³-hybridized carbons (Fsp3) is 0.0435. The molecule has 0 aliphatic heterocycles. The van der Waals surface area contributed by atoms with Crippen molar-refractivity contribution in [1.82, 2.24) is 0 Å². The van der Waals surface area contributed by atoms with Gasteiger partial charge in [-0.1, -0.05) is 71.2 Å². The largest absolute Gasteiger partial charge is 0.493 e. The molecule has 3 aromatic rings. The summed E-state index contributed by atoms with van der Waals surface area (Å²) >= 11 is 18.2. The van der Waals surface area contributed by atoms with Gasteiger partial charge in [0.25, 0.3) is 0 Å². The number of nitriles is 1. The van der Waals surface area contributed by atoms with Gasteiger partial charge in [-0.3, -0.25) is 0 Å². The van der Waals surface area contributed by atoms with Gasteiger partial charge in [-0.25, -0.2) is 4.79 Å². The van der Waals surface area contributed by atoms with E-state index >= 15 is 0 Å². The van der Waals surface area contributed by atoms with Crippen LogP contribution in [0.1, 0.15) is 21.5 Å². The molecule has 0 saturated carbocycles. The second-order valence-corrected chi connectivity index (χ2v) is 7.25. The molecule has 0 spiro atoms. The number of hydrogen-bond donors (Lipinski definition) is 0. The first kappa shape index (κ1) is 21.7. The van der Waals surface area contributed by atoms with Crippen molar-refractivity contribution in [2.24, 2.45) is 0 Å². The quantitative estimate of drug-likeness (QED) is 0.137. The number of nitrogens with zero attached hydrogens (tertiary/aromatic N) is 1.